The van der Waals surface area contributed by atoms with Gasteiger partial charge in [0.2, 0.25) is 0 Å². The number of halogens is 1. The van der Waals surface area contributed by atoms with E-state index >= 15 is 0 Å². The Morgan fingerprint density at radius 3 is 2.41 bits per heavy atom. The molecule has 0 aliphatic carbocycles. The average Bonchev–Trinajstić information content (AvgIpc) is 3.40. The number of nitrogens with one attached hydrogen (secondary N) is 4. The molecule has 44 heavy (non-hydrogen) atoms. The number of rotatable bonds is 10. The maximum atomic E-state index is 14.4. The average molecular weight is 603 g/mol. The zero-order valence-corrected chi connectivity index (χ0v) is 22.8. The van der Waals surface area contributed by atoms with E-state index in [-0.39, 0.29) is 52.8 Å². The summed E-state index contributed by atoms with van der Waals surface area (Å²) < 4.78 is 15.4. The molecule has 1 atom stereocenters. The van der Waals surface area contributed by atoms with Crippen LogP contribution < -0.4 is 38.2 Å². The normalized spacial score (nSPS) is 11.8. The summed E-state index contributed by atoms with van der Waals surface area (Å²) in [4.78, 5) is 79.9. The first-order valence-electron chi connectivity index (χ1n) is 12.9. The van der Waals surface area contributed by atoms with Crippen molar-refractivity contribution in [3.05, 3.63) is 119 Å². The third kappa shape index (κ3) is 5.76. The summed E-state index contributed by atoms with van der Waals surface area (Å²) in [6.07, 6.45) is 0. The van der Waals surface area contributed by atoms with Crippen LogP contribution in [0.5, 0.6) is 0 Å². The molecule has 0 saturated carbocycles. The van der Waals surface area contributed by atoms with Gasteiger partial charge in [-0.05, 0) is 42.3 Å². The number of hydrogen-bond donors (Lipinski definition) is 6. The number of amides is 2. The molecule has 5 rings (SSSR count). The van der Waals surface area contributed by atoms with Crippen molar-refractivity contribution in [2.24, 2.45) is 0 Å². The summed E-state index contributed by atoms with van der Waals surface area (Å²) in [5.74, 6) is -3.34. The number of H-pyrrole nitrogens is 1. The molecule has 0 aliphatic heterocycles. The van der Waals surface area contributed by atoms with Gasteiger partial charge in [-0.25, -0.2) is 28.6 Å². The molecule has 0 saturated heterocycles. The van der Waals surface area contributed by atoms with Crippen molar-refractivity contribution in [2.75, 3.05) is 11.1 Å². The summed E-state index contributed by atoms with van der Waals surface area (Å²) in [6, 6.07) is 10.5. The number of fused-ring (bicyclic) bond motifs is 1. The molecule has 0 unspecified atom stereocenters. The van der Waals surface area contributed by atoms with Crippen LogP contribution in [-0.4, -0.2) is 42.5 Å². The number of aromatic amines is 1. The van der Waals surface area contributed by atoms with Gasteiger partial charge in [0, 0.05) is 24.7 Å². The number of nitrogens with two attached hydrogens (primary N) is 1. The van der Waals surface area contributed by atoms with Crippen LogP contribution in [0.2, 0.25) is 0 Å². The van der Waals surface area contributed by atoms with Crippen molar-refractivity contribution in [3.63, 3.8) is 0 Å². The third-order valence-corrected chi connectivity index (χ3v) is 6.78. The molecule has 2 heterocycles. The van der Waals surface area contributed by atoms with Crippen molar-refractivity contribution in [3.8, 4) is 0 Å². The van der Waals surface area contributed by atoms with E-state index in [0.717, 1.165) is 10.6 Å². The molecule has 3 aromatic carbocycles. The molecular formula is C28H23FN8O7. The molecule has 7 N–H and O–H groups in total. The first-order valence-corrected chi connectivity index (χ1v) is 12.9. The van der Waals surface area contributed by atoms with E-state index in [9.17, 15) is 33.2 Å². The van der Waals surface area contributed by atoms with Gasteiger partial charge in [-0.2, -0.15) is 4.98 Å². The zero-order chi connectivity index (χ0) is 31.7. The Hall–Kier alpha value is -6.19. The van der Waals surface area contributed by atoms with Crippen molar-refractivity contribution < 1.29 is 23.9 Å². The predicted molar refractivity (Wildman–Crippen MR) is 154 cm³/mol. The number of benzene rings is 2. The highest BCUT2D eigenvalue weighted by Gasteiger charge is 2.21. The Morgan fingerprint density at radius 1 is 1.00 bits per heavy atom. The summed E-state index contributed by atoms with van der Waals surface area (Å²) in [6.45, 7) is 1.42. The fourth-order valence-electron chi connectivity index (χ4n) is 4.35. The monoisotopic (exact) mass is 602 g/mol. The Labute approximate surface area is 245 Å². The molecule has 5 aromatic rings. The number of aromatic carboxylic acids is 1. The lowest BCUT2D eigenvalue weighted by Crippen LogP contribution is -2.37. The van der Waals surface area contributed by atoms with Crippen LogP contribution in [0.4, 0.5) is 15.8 Å². The number of aromatic nitrogens is 4. The molecule has 0 spiro atoms. The lowest BCUT2D eigenvalue weighted by molar-refractivity contribution is 0.0696. The second kappa shape index (κ2) is 11.6. The van der Waals surface area contributed by atoms with E-state index in [1.807, 2.05) is 0 Å². The fourth-order valence-corrected chi connectivity index (χ4v) is 4.35. The van der Waals surface area contributed by atoms with Gasteiger partial charge in [-0.15, -0.1) is 0 Å². The van der Waals surface area contributed by atoms with Crippen molar-refractivity contribution >= 4 is 34.9 Å². The SMILES string of the molecule is C[C@H](NC(=O)c1cc(C(=O)NCc2ccc(F)c(CNc3c(N)c(=O)c3=O)c2)n2[nH]c(=O)nc2n1)c1ccc(C(=O)O)cc1. The predicted octanol–water partition coefficient (Wildman–Crippen LogP) is 0.466. The highest BCUT2D eigenvalue weighted by molar-refractivity contribution is 5.98. The summed E-state index contributed by atoms with van der Waals surface area (Å²) >= 11 is 0. The van der Waals surface area contributed by atoms with E-state index in [2.05, 4.69) is 31.0 Å². The highest BCUT2D eigenvalue weighted by atomic mass is 19.1. The number of anilines is 2. The third-order valence-electron chi connectivity index (χ3n) is 6.78. The minimum atomic E-state index is -1.09. The van der Waals surface area contributed by atoms with E-state index < -0.39 is 46.2 Å². The van der Waals surface area contributed by atoms with Crippen LogP contribution in [0.25, 0.3) is 5.78 Å². The molecule has 0 radical (unpaired) electrons. The Bertz CT molecular complexity index is 2080. The van der Waals surface area contributed by atoms with Gasteiger partial charge in [0.05, 0.1) is 11.6 Å². The Balaban J connectivity index is 1.31. The maximum Gasteiger partial charge on any atom is 0.363 e. The quantitative estimate of drug-likeness (QED) is 0.120. The molecule has 15 nitrogen and oxygen atoms in total. The number of carboxylic acids is 1. The van der Waals surface area contributed by atoms with Gasteiger partial charge in [0.15, 0.2) is 0 Å². The number of carbonyl (C=O) groups is 3. The van der Waals surface area contributed by atoms with Crippen molar-refractivity contribution in [1.29, 1.82) is 0 Å². The van der Waals surface area contributed by atoms with Crippen LogP contribution in [0, 0.1) is 5.82 Å². The van der Waals surface area contributed by atoms with Gasteiger partial charge < -0.3 is 26.8 Å². The lowest BCUT2D eigenvalue weighted by Gasteiger charge is -2.15. The molecule has 224 valence electrons. The van der Waals surface area contributed by atoms with Crippen LogP contribution in [-0.2, 0) is 13.1 Å². The van der Waals surface area contributed by atoms with Gasteiger partial charge in [-0.3, -0.25) is 19.2 Å². The molecule has 0 aliphatic rings. The number of hydrogen-bond acceptors (Lipinski definition) is 10. The molecule has 0 bridgehead atoms. The standard InChI is InChI=1S/C28H23FN8O7/c1-12(14-3-5-15(6-4-14)26(42)43)33-24(40)18-9-19(37-27(34-18)35-28(44)36-37)25(41)32-10-13-2-7-17(29)16(8-13)11-31-21-20(30)22(38)23(21)39/h2-9,12,31H,10-11,30H2,1H3,(H,32,41)(H,33,40)(H,36,44)(H,42,43)/t12-/m0/s1. The summed E-state index contributed by atoms with van der Waals surface area (Å²) in [5.41, 5.74) is 3.68. The van der Waals surface area contributed by atoms with Crippen LogP contribution >= 0.6 is 0 Å². The van der Waals surface area contributed by atoms with Crippen molar-refractivity contribution in [2.45, 2.75) is 26.1 Å². The number of nitrogen functional groups attached to an aromatic ring is 1. The summed E-state index contributed by atoms with van der Waals surface area (Å²) in [7, 11) is 0. The Morgan fingerprint density at radius 2 is 1.73 bits per heavy atom. The highest BCUT2D eigenvalue weighted by Crippen LogP contribution is 2.17. The number of nitrogens with zero attached hydrogens (tertiary/aromatic N) is 3. The first-order chi connectivity index (χ1) is 20.9. The number of carbonyl (C=O) groups excluding carboxylic acids is 2. The summed E-state index contributed by atoms with van der Waals surface area (Å²) in [5, 5.41) is 19.4. The van der Waals surface area contributed by atoms with Gasteiger partial charge in [0.25, 0.3) is 28.4 Å². The van der Waals surface area contributed by atoms with E-state index in [4.69, 9.17) is 10.8 Å². The first kappa shape index (κ1) is 29.3. The van der Waals surface area contributed by atoms with E-state index in [1.165, 1.54) is 30.3 Å². The minimum Gasteiger partial charge on any atom is -0.478 e. The zero-order valence-electron chi connectivity index (χ0n) is 22.8. The second-order valence-electron chi connectivity index (χ2n) is 9.72. The number of carboxylic acid groups (broad SMARTS) is 1. The molecule has 2 aromatic heterocycles. The molecular weight excluding hydrogens is 579 g/mol. The lowest BCUT2D eigenvalue weighted by atomic mass is 10.1. The topological polar surface area (TPSA) is 231 Å². The van der Waals surface area contributed by atoms with E-state index in [0.29, 0.717) is 11.1 Å². The second-order valence-corrected chi connectivity index (χ2v) is 9.72. The smallest absolute Gasteiger partial charge is 0.363 e. The van der Waals surface area contributed by atoms with Gasteiger partial charge in [-0.1, -0.05) is 18.2 Å². The fraction of sp³-hybridized carbons (Fsp3) is 0.143. The van der Waals surface area contributed by atoms with Gasteiger partial charge in [0.1, 0.15) is 28.6 Å². The maximum absolute atomic E-state index is 14.4. The Kier molecular flexibility index (Phi) is 7.72. The molecule has 2 amide bonds. The van der Waals surface area contributed by atoms with Crippen LogP contribution in [0.1, 0.15) is 61.0 Å². The largest absolute Gasteiger partial charge is 0.478 e. The minimum absolute atomic E-state index is 0.0817. The molecule has 0 fully saturated rings. The van der Waals surface area contributed by atoms with Gasteiger partial charge >= 0.3 is 11.7 Å². The van der Waals surface area contributed by atoms with Crippen LogP contribution in [0.3, 0.4) is 0 Å². The van der Waals surface area contributed by atoms with Crippen molar-refractivity contribution in [1.82, 2.24) is 30.2 Å². The molecule has 16 heteroatoms. The van der Waals surface area contributed by atoms with E-state index in [1.54, 1.807) is 19.1 Å². The van der Waals surface area contributed by atoms with Crippen LogP contribution in [0.15, 0.2) is 62.9 Å².